The Morgan fingerprint density at radius 2 is 2.29 bits per heavy atom. The number of benzene rings is 1. The van der Waals surface area contributed by atoms with E-state index in [1.807, 2.05) is 0 Å². The highest BCUT2D eigenvalue weighted by atomic mass is 16.4. The van der Waals surface area contributed by atoms with Gasteiger partial charge in [-0.3, -0.25) is 5.10 Å². The van der Waals surface area contributed by atoms with Gasteiger partial charge in [0.1, 0.15) is 5.69 Å². The van der Waals surface area contributed by atoms with Gasteiger partial charge in [-0.2, -0.15) is 0 Å². The van der Waals surface area contributed by atoms with Crippen LogP contribution in [0.3, 0.4) is 0 Å². The number of nitrogens with zero attached hydrogens (tertiary/aromatic N) is 2. The van der Waals surface area contributed by atoms with Crippen LogP contribution in [0.1, 0.15) is 10.4 Å². The van der Waals surface area contributed by atoms with Crippen LogP contribution in [-0.4, -0.2) is 26.5 Å². The Kier molecular flexibility index (Phi) is 1.98. The van der Waals surface area contributed by atoms with Crippen LogP contribution in [0.2, 0.25) is 0 Å². The number of hydrogen-bond donors (Lipinski definition) is 2. The summed E-state index contributed by atoms with van der Waals surface area (Å²) in [6.45, 7) is 0. The molecule has 0 saturated carbocycles. The van der Waals surface area contributed by atoms with Crippen molar-refractivity contribution in [2.45, 2.75) is 0 Å². The summed E-state index contributed by atoms with van der Waals surface area (Å²) < 4.78 is 0. The molecule has 5 nitrogen and oxygen atoms in total. The molecule has 0 aliphatic rings. The van der Waals surface area contributed by atoms with Crippen molar-refractivity contribution < 1.29 is 9.90 Å². The van der Waals surface area contributed by atoms with Crippen LogP contribution >= 0.6 is 0 Å². The summed E-state index contributed by atoms with van der Waals surface area (Å²) in [6, 6.07) is 6.55. The molecule has 1 aromatic carbocycles. The average Bonchev–Trinajstić information content (AvgIpc) is 2.71. The Labute approximate surface area is 79.4 Å². The number of carboxylic acids is 1. The first kappa shape index (κ1) is 8.43. The van der Waals surface area contributed by atoms with Crippen LogP contribution in [0.15, 0.2) is 30.5 Å². The number of carbonyl (C=O) groups is 1. The van der Waals surface area contributed by atoms with Gasteiger partial charge in [-0.05, 0) is 12.1 Å². The fourth-order valence-corrected chi connectivity index (χ4v) is 1.15. The zero-order valence-corrected chi connectivity index (χ0v) is 7.14. The first-order valence-electron chi connectivity index (χ1n) is 3.97. The zero-order chi connectivity index (χ0) is 9.97. The summed E-state index contributed by atoms with van der Waals surface area (Å²) in [7, 11) is 0. The van der Waals surface area contributed by atoms with Gasteiger partial charge in [-0.15, -0.1) is 5.10 Å². The third-order valence-electron chi connectivity index (χ3n) is 1.82. The molecule has 0 atom stereocenters. The van der Waals surface area contributed by atoms with Crippen molar-refractivity contribution in [2.24, 2.45) is 0 Å². The second-order valence-corrected chi connectivity index (χ2v) is 2.74. The fraction of sp³-hybridized carbons (Fsp3) is 0. The Morgan fingerprint density at radius 3 is 2.93 bits per heavy atom. The normalized spacial score (nSPS) is 10.0. The molecule has 0 bridgehead atoms. The van der Waals surface area contributed by atoms with E-state index in [0.717, 1.165) is 5.56 Å². The minimum Gasteiger partial charge on any atom is -0.478 e. The number of aromatic nitrogens is 3. The number of aromatic amines is 1. The lowest BCUT2D eigenvalue weighted by atomic mass is 10.1. The molecule has 2 rings (SSSR count). The third kappa shape index (κ3) is 1.47. The molecule has 2 aromatic rings. The van der Waals surface area contributed by atoms with E-state index in [9.17, 15) is 4.79 Å². The second kappa shape index (κ2) is 3.29. The smallest absolute Gasteiger partial charge is 0.335 e. The lowest BCUT2D eigenvalue weighted by molar-refractivity contribution is 0.0697. The largest absolute Gasteiger partial charge is 0.478 e. The van der Waals surface area contributed by atoms with E-state index in [2.05, 4.69) is 15.4 Å². The molecule has 0 amide bonds. The van der Waals surface area contributed by atoms with E-state index in [0.29, 0.717) is 5.69 Å². The summed E-state index contributed by atoms with van der Waals surface area (Å²) in [6.07, 6.45) is 1.61. The van der Waals surface area contributed by atoms with Crippen LogP contribution in [0.4, 0.5) is 0 Å². The predicted molar refractivity (Wildman–Crippen MR) is 48.8 cm³/mol. The zero-order valence-electron chi connectivity index (χ0n) is 7.14. The van der Waals surface area contributed by atoms with Crippen molar-refractivity contribution in [3.05, 3.63) is 36.0 Å². The summed E-state index contributed by atoms with van der Waals surface area (Å²) in [5.74, 6) is -0.949. The second-order valence-electron chi connectivity index (χ2n) is 2.74. The van der Waals surface area contributed by atoms with Crippen LogP contribution in [0.25, 0.3) is 11.3 Å². The molecular weight excluding hydrogens is 182 g/mol. The van der Waals surface area contributed by atoms with Gasteiger partial charge in [0, 0.05) is 11.8 Å². The molecule has 0 aliphatic carbocycles. The van der Waals surface area contributed by atoms with Crippen LogP contribution < -0.4 is 0 Å². The highest BCUT2D eigenvalue weighted by molar-refractivity contribution is 5.89. The van der Waals surface area contributed by atoms with Gasteiger partial charge in [-0.25, -0.2) is 4.79 Å². The van der Waals surface area contributed by atoms with E-state index < -0.39 is 5.97 Å². The number of hydrogen-bond acceptors (Lipinski definition) is 3. The lowest BCUT2D eigenvalue weighted by Crippen LogP contribution is -1.95. The number of rotatable bonds is 2. The molecule has 0 aliphatic heterocycles. The Morgan fingerprint density at radius 1 is 1.43 bits per heavy atom. The molecule has 70 valence electrons. The maximum atomic E-state index is 10.7. The van der Waals surface area contributed by atoms with Crippen molar-refractivity contribution in [3.8, 4) is 11.3 Å². The Balaban J connectivity index is 2.46. The molecule has 0 unspecified atom stereocenters. The van der Waals surface area contributed by atoms with E-state index in [4.69, 9.17) is 5.11 Å². The summed E-state index contributed by atoms with van der Waals surface area (Å²) >= 11 is 0. The average molecular weight is 189 g/mol. The van der Waals surface area contributed by atoms with Crippen molar-refractivity contribution in [2.75, 3.05) is 0 Å². The first-order chi connectivity index (χ1) is 6.77. The van der Waals surface area contributed by atoms with E-state index in [1.54, 1.807) is 24.4 Å². The maximum absolute atomic E-state index is 10.7. The number of aromatic carboxylic acids is 1. The SMILES string of the molecule is O=C(O)c1cccc(-c2c[nH]nn2)c1. The molecule has 0 saturated heterocycles. The molecule has 2 N–H and O–H groups in total. The third-order valence-corrected chi connectivity index (χ3v) is 1.82. The van der Waals surface area contributed by atoms with Crippen LogP contribution in [0, 0.1) is 0 Å². The monoisotopic (exact) mass is 189 g/mol. The number of carboxylic acid groups (broad SMARTS) is 1. The highest BCUT2D eigenvalue weighted by Crippen LogP contribution is 2.16. The quantitative estimate of drug-likeness (QED) is 0.743. The standard InChI is InChI=1S/C9H7N3O2/c13-9(14)7-3-1-2-6(4-7)8-5-10-12-11-8/h1-5H,(H,13,14)(H,10,11,12). The van der Waals surface area contributed by atoms with Gasteiger partial charge < -0.3 is 5.11 Å². The molecule has 14 heavy (non-hydrogen) atoms. The Bertz CT molecular complexity index is 451. The van der Waals surface area contributed by atoms with Crippen molar-refractivity contribution in [1.29, 1.82) is 0 Å². The van der Waals surface area contributed by atoms with Gasteiger partial charge in [0.05, 0.1) is 5.56 Å². The predicted octanol–water partition coefficient (Wildman–Crippen LogP) is 1.17. The van der Waals surface area contributed by atoms with Crippen molar-refractivity contribution >= 4 is 5.97 Å². The van der Waals surface area contributed by atoms with E-state index in [1.165, 1.54) is 6.07 Å². The Hall–Kier alpha value is -2.17. The summed E-state index contributed by atoms with van der Waals surface area (Å²) in [5.41, 5.74) is 1.61. The molecule has 5 heteroatoms. The molecule has 1 heterocycles. The minimum atomic E-state index is -0.949. The molecule has 0 spiro atoms. The minimum absolute atomic E-state index is 0.241. The van der Waals surface area contributed by atoms with Gasteiger partial charge in [0.25, 0.3) is 0 Å². The first-order valence-corrected chi connectivity index (χ1v) is 3.97. The summed E-state index contributed by atoms with van der Waals surface area (Å²) in [5, 5.41) is 18.7. The molecule has 0 radical (unpaired) electrons. The molecular formula is C9H7N3O2. The van der Waals surface area contributed by atoms with Gasteiger partial charge in [0.2, 0.25) is 0 Å². The van der Waals surface area contributed by atoms with Gasteiger partial charge in [-0.1, -0.05) is 17.3 Å². The van der Waals surface area contributed by atoms with Crippen LogP contribution in [0.5, 0.6) is 0 Å². The van der Waals surface area contributed by atoms with Crippen molar-refractivity contribution in [1.82, 2.24) is 15.4 Å². The maximum Gasteiger partial charge on any atom is 0.335 e. The number of H-pyrrole nitrogens is 1. The highest BCUT2D eigenvalue weighted by Gasteiger charge is 2.05. The van der Waals surface area contributed by atoms with Gasteiger partial charge >= 0.3 is 5.97 Å². The molecule has 1 aromatic heterocycles. The van der Waals surface area contributed by atoms with Gasteiger partial charge in [0.15, 0.2) is 0 Å². The lowest BCUT2D eigenvalue weighted by Gasteiger charge is -1.97. The topological polar surface area (TPSA) is 78.9 Å². The van der Waals surface area contributed by atoms with E-state index >= 15 is 0 Å². The van der Waals surface area contributed by atoms with E-state index in [-0.39, 0.29) is 5.56 Å². The van der Waals surface area contributed by atoms with Crippen molar-refractivity contribution in [3.63, 3.8) is 0 Å². The van der Waals surface area contributed by atoms with Crippen LogP contribution in [-0.2, 0) is 0 Å². The summed E-state index contributed by atoms with van der Waals surface area (Å²) in [4.78, 5) is 10.7. The number of nitrogens with one attached hydrogen (secondary N) is 1. The fourth-order valence-electron chi connectivity index (χ4n) is 1.15. The molecule has 0 fully saturated rings.